The van der Waals surface area contributed by atoms with Crippen molar-refractivity contribution in [2.24, 2.45) is 0 Å². The fourth-order valence-electron chi connectivity index (χ4n) is 2.48. The van der Waals surface area contributed by atoms with Gasteiger partial charge in [0.15, 0.2) is 11.5 Å². The highest BCUT2D eigenvalue weighted by atomic mass is 19.1. The van der Waals surface area contributed by atoms with Crippen LogP contribution in [-0.2, 0) is 13.0 Å². The van der Waals surface area contributed by atoms with Gasteiger partial charge >= 0.3 is 0 Å². The second-order valence-corrected chi connectivity index (χ2v) is 6.04. The van der Waals surface area contributed by atoms with Crippen molar-refractivity contribution in [1.82, 2.24) is 4.90 Å². The molecular weight excluding hydrogens is 305 g/mol. The monoisotopic (exact) mass is 331 g/mol. The van der Waals surface area contributed by atoms with Crippen LogP contribution in [0.5, 0.6) is 11.5 Å². The topological polar surface area (TPSA) is 21.7 Å². The van der Waals surface area contributed by atoms with E-state index in [9.17, 15) is 4.39 Å². The molecule has 0 fully saturated rings. The molecule has 130 valence electrons. The molecule has 0 saturated carbocycles. The zero-order chi connectivity index (χ0) is 17.4. The zero-order valence-electron chi connectivity index (χ0n) is 14.7. The average molecular weight is 331 g/mol. The Morgan fingerprint density at radius 1 is 0.958 bits per heavy atom. The third kappa shape index (κ3) is 5.85. The van der Waals surface area contributed by atoms with Crippen LogP contribution in [-0.4, -0.2) is 32.1 Å². The van der Waals surface area contributed by atoms with E-state index in [4.69, 9.17) is 9.47 Å². The molecule has 0 atom stereocenters. The van der Waals surface area contributed by atoms with E-state index >= 15 is 0 Å². The number of benzene rings is 2. The Morgan fingerprint density at radius 2 is 1.79 bits per heavy atom. The molecular formula is C20H26FNO2. The van der Waals surface area contributed by atoms with E-state index in [1.54, 1.807) is 6.07 Å². The first kappa shape index (κ1) is 18.3. The molecule has 0 aliphatic carbocycles. The van der Waals surface area contributed by atoms with Crippen LogP contribution in [0, 0.1) is 5.82 Å². The van der Waals surface area contributed by atoms with E-state index < -0.39 is 0 Å². The summed E-state index contributed by atoms with van der Waals surface area (Å²) < 4.78 is 24.8. The summed E-state index contributed by atoms with van der Waals surface area (Å²) in [6.07, 6.45) is 2.10. The predicted molar refractivity (Wildman–Crippen MR) is 95.2 cm³/mol. The number of nitrogens with zero attached hydrogens (tertiary/aromatic N) is 1. The van der Waals surface area contributed by atoms with Gasteiger partial charge in [0.05, 0.1) is 6.61 Å². The fraction of sp³-hybridized carbons (Fsp3) is 0.400. The van der Waals surface area contributed by atoms with E-state index in [2.05, 4.69) is 25.1 Å². The highest BCUT2D eigenvalue weighted by Gasteiger charge is 2.08. The summed E-state index contributed by atoms with van der Waals surface area (Å²) in [6.45, 7) is 3.91. The van der Waals surface area contributed by atoms with Crippen LogP contribution < -0.4 is 9.47 Å². The van der Waals surface area contributed by atoms with Gasteiger partial charge in [0.1, 0.15) is 12.4 Å². The van der Waals surface area contributed by atoms with Crippen LogP contribution in [0.1, 0.15) is 24.5 Å². The number of aryl methyl sites for hydroxylation is 1. The quantitative estimate of drug-likeness (QED) is 0.684. The smallest absolute Gasteiger partial charge is 0.161 e. The molecule has 2 aromatic carbocycles. The Kier molecular flexibility index (Phi) is 7.07. The molecule has 0 amide bonds. The van der Waals surface area contributed by atoms with Crippen molar-refractivity contribution in [2.45, 2.75) is 26.4 Å². The lowest BCUT2D eigenvalue weighted by Gasteiger charge is -2.14. The molecule has 0 unspecified atom stereocenters. The Bertz CT molecular complexity index is 643. The molecule has 2 rings (SSSR count). The summed E-state index contributed by atoms with van der Waals surface area (Å²) in [6, 6.07) is 12.5. The number of hydrogen-bond acceptors (Lipinski definition) is 3. The summed E-state index contributed by atoms with van der Waals surface area (Å²) in [4.78, 5) is 2.18. The second kappa shape index (κ2) is 9.28. The highest BCUT2D eigenvalue weighted by Crippen LogP contribution is 2.29. The molecule has 0 bridgehead atoms. The first-order chi connectivity index (χ1) is 11.6. The van der Waals surface area contributed by atoms with Gasteiger partial charge in [0.2, 0.25) is 0 Å². The van der Waals surface area contributed by atoms with Gasteiger partial charge in [-0.25, -0.2) is 4.39 Å². The maximum absolute atomic E-state index is 13.2. The summed E-state index contributed by atoms with van der Waals surface area (Å²) in [7, 11) is 4.16. The second-order valence-electron chi connectivity index (χ2n) is 6.04. The summed E-state index contributed by atoms with van der Waals surface area (Å²) in [5.41, 5.74) is 2.03. The fourth-order valence-corrected chi connectivity index (χ4v) is 2.48. The van der Waals surface area contributed by atoms with E-state index in [0.717, 1.165) is 30.7 Å². The number of hydrogen-bond donors (Lipinski definition) is 0. The lowest BCUT2D eigenvalue weighted by Crippen LogP contribution is -2.13. The van der Waals surface area contributed by atoms with Gasteiger partial charge < -0.3 is 14.4 Å². The molecule has 0 heterocycles. The first-order valence-corrected chi connectivity index (χ1v) is 8.36. The van der Waals surface area contributed by atoms with Crippen molar-refractivity contribution in [1.29, 1.82) is 0 Å². The van der Waals surface area contributed by atoms with Crippen molar-refractivity contribution in [2.75, 3.05) is 27.2 Å². The molecule has 0 spiro atoms. The molecule has 4 heteroatoms. The lowest BCUT2D eigenvalue weighted by molar-refractivity contribution is 0.268. The normalized spacial score (nSPS) is 10.9. The molecule has 0 radical (unpaired) electrons. The summed E-state index contributed by atoms with van der Waals surface area (Å²) in [5.74, 6) is 1.19. The minimum Gasteiger partial charge on any atom is -0.490 e. The van der Waals surface area contributed by atoms with E-state index in [0.29, 0.717) is 19.0 Å². The van der Waals surface area contributed by atoms with E-state index in [1.165, 1.54) is 17.7 Å². The van der Waals surface area contributed by atoms with Crippen LogP contribution in [0.15, 0.2) is 42.5 Å². The van der Waals surface area contributed by atoms with Gasteiger partial charge in [-0.1, -0.05) is 18.2 Å². The van der Waals surface area contributed by atoms with Crippen LogP contribution in [0.2, 0.25) is 0 Å². The minimum absolute atomic E-state index is 0.252. The first-order valence-electron chi connectivity index (χ1n) is 8.36. The third-order valence-electron chi connectivity index (χ3n) is 3.66. The zero-order valence-corrected chi connectivity index (χ0v) is 14.7. The van der Waals surface area contributed by atoms with Crippen molar-refractivity contribution in [3.8, 4) is 11.5 Å². The van der Waals surface area contributed by atoms with Gasteiger partial charge in [-0.2, -0.15) is 0 Å². The minimum atomic E-state index is -0.252. The molecule has 0 aliphatic rings. The highest BCUT2D eigenvalue weighted by molar-refractivity contribution is 5.43. The van der Waals surface area contributed by atoms with Crippen molar-refractivity contribution in [3.63, 3.8) is 0 Å². The maximum Gasteiger partial charge on any atom is 0.161 e. The van der Waals surface area contributed by atoms with E-state index in [-0.39, 0.29) is 5.82 Å². The van der Waals surface area contributed by atoms with Crippen LogP contribution >= 0.6 is 0 Å². The molecule has 3 nitrogen and oxygen atoms in total. The molecule has 24 heavy (non-hydrogen) atoms. The molecule has 0 aliphatic heterocycles. The van der Waals surface area contributed by atoms with Gasteiger partial charge in [-0.3, -0.25) is 0 Å². The van der Waals surface area contributed by atoms with Gasteiger partial charge in [0.25, 0.3) is 0 Å². The van der Waals surface area contributed by atoms with Gasteiger partial charge in [0, 0.05) is 0 Å². The SMILES string of the molecule is CCOc1cc(CCCN(C)C)ccc1OCc1cccc(F)c1. The average Bonchev–Trinajstić information content (AvgIpc) is 2.54. The van der Waals surface area contributed by atoms with Crippen molar-refractivity contribution < 1.29 is 13.9 Å². The van der Waals surface area contributed by atoms with Crippen LogP contribution in [0.4, 0.5) is 4.39 Å². The third-order valence-corrected chi connectivity index (χ3v) is 3.66. The Morgan fingerprint density at radius 3 is 2.50 bits per heavy atom. The lowest BCUT2D eigenvalue weighted by atomic mass is 10.1. The standard InChI is InChI=1S/C20H26FNO2/c1-4-23-20-14-16(8-6-12-22(2)3)10-11-19(20)24-15-17-7-5-9-18(21)13-17/h5,7,9-11,13-14H,4,6,8,12,15H2,1-3H3. The van der Waals surface area contributed by atoms with Crippen molar-refractivity contribution in [3.05, 3.63) is 59.4 Å². The maximum atomic E-state index is 13.2. The Labute approximate surface area is 144 Å². The molecule has 0 aromatic heterocycles. The molecule has 2 aromatic rings. The number of halogens is 1. The summed E-state index contributed by atoms with van der Waals surface area (Å²) in [5, 5.41) is 0. The van der Waals surface area contributed by atoms with E-state index in [1.807, 2.05) is 25.1 Å². The van der Waals surface area contributed by atoms with Crippen LogP contribution in [0.3, 0.4) is 0 Å². The van der Waals surface area contributed by atoms with Gasteiger partial charge in [-0.15, -0.1) is 0 Å². The van der Waals surface area contributed by atoms with Gasteiger partial charge in [-0.05, 0) is 75.8 Å². The van der Waals surface area contributed by atoms with Crippen molar-refractivity contribution >= 4 is 0 Å². The largest absolute Gasteiger partial charge is 0.490 e. The summed E-state index contributed by atoms with van der Waals surface area (Å²) >= 11 is 0. The number of ether oxygens (including phenoxy) is 2. The number of rotatable bonds is 9. The predicted octanol–water partition coefficient (Wildman–Crippen LogP) is 4.30. The Balaban J connectivity index is 2.02. The molecule has 0 saturated heterocycles. The van der Waals surface area contributed by atoms with Crippen LogP contribution in [0.25, 0.3) is 0 Å². The molecule has 0 N–H and O–H groups in total. The Hall–Kier alpha value is -2.07.